The molecule has 0 unspecified atom stereocenters. The molecule has 0 saturated heterocycles. The number of carbonyl (C=O) groups is 1. The van der Waals surface area contributed by atoms with Gasteiger partial charge in [0.25, 0.3) is 5.69 Å². The lowest BCUT2D eigenvalue weighted by molar-refractivity contribution is -0.385. The first-order valence-corrected chi connectivity index (χ1v) is 12.6. The van der Waals surface area contributed by atoms with Crippen molar-refractivity contribution in [2.75, 3.05) is 49.3 Å². The third-order valence-electron chi connectivity index (χ3n) is 6.08. The number of hydrogen-bond donors (Lipinski definition) is 0. The normalized spacial score (nSPS) is 10.6. The van der Waals surface area contributed by atoms with Crippen molar-refractivity contribution in [1.29, 1.82) is 0 Å². The molecule has 0 N–H and O–H groups in total. The number of esters is 1. The van der Waals surface area contributed by atoms with Crippen LogP contribution in [0.5, 0.6) is 40.2 Å². The second kappa shape index (κ2) is 15.0. The average molecular weight is 584 g/mol. The van der Waals surface area contributed by atoms with Gasteiger partial charge in [-0.15, -0.1) is 0 Å². The van der Waals surface area contributed by atoms with Gasteiger partial charge in [0.1, 0.15) is 6.61 Å². The molecule has 12 heteroatoms. The van der Waals surface area contributed by atoms with E-state index in [1.54, 1.807) is 26.4 Å². The summed E-state index contributed by atoms with van der Waals surface area (Å²) in [4.78, 5) is 22.7. The second-order valence-electron chi connectivity index (χ2n) is 8.55. The Morgan fingerprint density at radius 1 is 0.714 bits per heavy atom. The average Bonchev–Trinajstić information content (AvgIpc) is 3.01. The Balaban J connectivity index is 1.86. The Hall–Kier alpha value is -5.13. The third kappa shape index (κ3) is 7.74. The number of nitrogens with zero attached hydrogens (tertiary/aromatic N) is 1. The molecule has 224 valence electrons. The van der Waals surface area contributed by atoms with Gasteiger partial charge in [0.2, 0.25) is 5.75 Å². The van der Waals surface area contributed by atoms with Gasteiger partial charge in [-0.3, -0.25) is 14.9 Å². The molecular formula is C30H33NO11. The van der Waals surface area contributed by atoms with Crippen LogP contribution in [0.2, 0.25) is 0 Å². The van der Waals surface area contributed by atoms with Crippen LogP contribution in [0.4, 0.5) is 5.69 Å². The first kappa shape index (κ1) is 31.4. The molecular weight excluding hydrogens is 550 g/mol. The summed E-state index contributed by atoms with van der Waals surface area (Å²) in [5, 5.41) is 11.9. The Morgan fingerprint density at radius 3 is 1.88 bits per heavy atom. The zero-order chi connectivity index (χ0) is 30.6. The maximum atomic E-state index is 11.9. The van der Waals surface area contributed by atoms with Gasteiger partial charge in [0, 0.05) is 0 Å². The van der Waals surface area contributed by atoms with Crippen LogP contribution in [0.15, 0.2) is 42.5 Å². The number of ether oxygens (including phenoxy) is 8. The van der Waals surface area contributed by atoms with Crippen molar-refractivity contribution in [1.82, 2.24) is 0 Å². The van der Waals surface area contributed by atoms with Crippen LogP contribution < -0.4 is 33.2 Å². The SMILES string of the molecule is COC(=O)CCOc1cc([N+](=O)[O-])c(COc2cc(/C=C\c3cc(OC)c(OC)c(OC)c3)ccc2OC)cc1OC. The predicted octanol–water partition coefficient (Wildman–Crippen LogP) is 5.33. The van der Waals surface area contributed by atoms with Gasteiger partial charge in [-0.25, -0.2) is 0 Å². The van der Waals surface area contributed by atoms with E-state index in [1.807, 2.05) is 30.4 Å². The van der Waals surface area contributed by atoms with Crippen LogP contribution in [-0.4, -0.2) is 60.2 Å². The highest BCUT2D eigenvalue weighted by Crippen LogP contribution is 2.39. The van der Waals surface area contributed by atoms with Crippen molar-refractivity contribution in [3.63, 3.8) is 0 Å². The molecule has 3 rings (SSSR count). The Morgan fingerprint density at radius 2 is 1.31 bits per heavy atom. The lowest BCUT2D eigenvalue weighted by Crippen LogP contribution is -2.09. The van der Waals surface area contributed by atoms with Crippen LogP contribution in [-0.2, 0) is 16.1 Å². The van der Waals surface area contributed by atoms with E-state index in [-0.39, 0.29) is 42.4 Å². The number of nitro groups is 1. The van der Waals surface area contributed by atoms with Crippen LogP contribution >= 0.6 is 0 Å². The van der Waals surface area contributed by atoms with Gasteiger partial charge < -0.3 is 37.9 Å². The van der Waals surface area contributed by atoms with E-state index in [1.165, 1.54) is 40.6 Å². The van der Waals surface area contributed by atoms with Gasteiger partial charge in [-0.1, -0.05) is 18.2 Å². The molecule has 0 aliphatic rings. The molecule has 0 bridgehead atoms. The first-order valence-electron chi connectivity index (χ1n) is 12.6. The van der Waals surface area contributed by atoms with E-state index in [2.05, 4.69) is 4.74 Å². The fourth-order valence-electron chi connectivity index (χ4n) is 3.95. The molecule has 42 heavy (non-hydrogen) atoms. The van der Waals surface area contributed by atoms with E-state index >= 15 is 0 Å². The zero-order valence-electron chi connectivity index (χ0n) is 24.3. The lowest BCUT2D eigenvalue weighted by atomic mass is 10.1. The van der Waals surface area contributed by atoms with E-state index < -0.39 is 10.9 Å². The first-order chi connectivity index (χ1) is 20.3. The molecule has 0 atom stereocenters. The van der Waals surface area contributed by atoms with Crippen molar-refractivity contribution >= 4 is 23.8 Å². The van der Waals surface area contributed by atoms with Gasteiger partial charge in [0.05, 0.1) is 72.2 Å². The molecule has 0 fully saturated rings. The summed E-state index contributed by atoms with van der Waals surface area (Å²) in [5.74, 6) is 2.24. The third-order valence-corrected chi connectivity index (χ3v) is 6.08. The van der Waals surface area contributed by atoms with Gasteiger partial charge in [0.15, 0.2) is 34.5 Å². The minimum atomic E-state index is -0.543. The van der Waals surface area contributed by atoms with E-state index in [0.717, 1.165) is 11.1 Å². The van der Waals surface area contributed by atoms with Gasteiger partial charge in [-0.2, -0.15) is 0 Å². The Kier molecular flexibility index (Phi) is 11.2. The topological polar surface area (TPSA) is 134 Å². The molecule has 0 amide bonds. The monoisotopic (exact) mass is 583 g/mol. The van der Waals surface area contributed by atoms with Crippen molar-refractivity contribution in [2.45, 2.75) is 13.0 Å². The van der Waals surface area contributed by atoms with Crippen molar-refractivity contribution in [2.24, 2.45) is 0 Å². The summed E-state index contributed by atoms with van der Waals surface area (Å²) < 4.78 is 43.1. The smallest absolute Gasteiger partial charge is 0.308 e. The standard InChI is InChI=1S/C30H33NO11/c1-35-23-10-9-19(7-8-20-14-27(37-3)30(40-6)28(15-20)38-4)13-25(23)42-18-21-16-24(36-2)26(17-22(21)31(33)34)41-12-11-29(32)39-5/h7-10,13-17H,11-12,18H2,1-6H3/b8-7-. The van der Waals surface area contributed by atoms with E-state index in [0.29, 0.717) is 28.7 Å². The second-order valence-corrected chi connectivity index (χ2v) is 8.55. The van der Waals surface area contributed by atoms with Crippen LogP contribution in [0.1, 0.15) is 23.1 Å². The Labute approximate surface area is 243 Å². The summed E-state index contributed by atoms with van der Waals surface area (Å²) in [6.07, 6.45) is 3.70. The summed E-state index contributed by atoms with van der Waals surface area (Å²) in [6, 6.07) is 11.7. The van der Waals surface area contributed by atoms with Crippen molar-refractivity contribution in [3.05, 3.63) is 69.3 Å². The maximum absolute atomic E-state index is 11.9. The fraction of sp³-hybridized carbons (Fsp3) is 0.300. The summed E-state index contributed by atoms with van der Waals surface area (Å²) in [5.41, 5.74) is 1.60. The molecule has 0 heterocycles. The molecule has 12 nitrogen and oxygen atoms in total. The summed E-state index contributed by atoms with van der Waals surface area (Å²) >= 11 is 0. The summed E-state index contributed by atoms with van der Waals surface area (Å²) in [6.45, 7) is -0.199. The number of hydrogen-bond acceptors (Lipinski definition) is 11. The summed E-state index contributed by atoms with van der Waals surface area (Å²) in [7, 11) is 8.80. The highest BCUT2D eigenvalue weighted by atomic mass is 16.6. The number of benzene rings is 3. The Bertz CT molecular complexity index is 1410. The van der Waals surface area contributed by atoms with Gasteiger partial charge in [-0.05, 0) is 41.5 Å². The molecule has 0 aliphatic heterocycles. The van der Waals surface area contributed by atoms with E-state index in [9.17, 15) is 14.9 Å². The number of methoxy groups -OCH3 is 6. The quantitative estimate of drug-likeness (QED) is 0.0994. The van der Waals surface area contributed by atoms with E-state index in [4.69, 9.17) is 33.2 Å². The van der Waals surface area contributed by atoms with Crippen LogP contribution in [0.25, 0.3) is 12.2 Å². The number of nitro benzene ring substituents is 1. The maximum Gasteiger partial charge on any atom is 0.308 e. The highest BCUT2D eigenvalue weighted by molar-refractivity contribution is 5.74. The minimum Gasteiger partial charge on any atom is -0.493 e. The predicted molar refractivity (Wildman–Crippen MR) is 154 cm³/mol. The van der Waals surface area contributed by atoms with Gasteiger partial charge >= 0.3 is 5.97 Å². The molecule has 0 aromatic heterocycles. The largest absolute Gasteiger partial charge is 0.493 e. The molecule has 3 aromatic rings. The highest BCUT2D eigenvalue weighted by Gasteiger charge is 2.21. The molecule has 0 radical (unpaired) electrons. The van der Waals surface area contributed by atoms with Crippen molar-refractivity contribution < 1.29 is 47.6 Å². The molecule has 0 saturated carbocycles. The lowest BCUT2D eigenvalue weighted by Gasteiger charge is -2.15. The fourth-order valence-corrected chi connectivity index (χ4v) is 3.95. The van der Waals surface area contributed by atoms with Crippen LogP contribution in [0.3, 0.4) is 0 Å². The zero-order valence-corrected chi connectivity index (χ0v) is 24.3. The number of rotatable bonds is 15. The van der Waals surface area contributed by atoms with Crippen molar-refractivity contribution in [3.8, 4) is 40.2 Å². The number of carbonyl (C=O) groups excluding carboxylic acids is 1. The van der Waals surface area contributed by atoms with Crippen LogP contribution in [0, 0.1) is 10.1 Å². The molecule has 3 aromatic carbocycles. The molecule has 0 spiro atoms. The minimum absolute atomic E-state index is 0.0253. The molecule has 0 aliphatic carbocycles.